The first kappa shape index (κ1) is 19.1. The Hall–Kier alpha value is -2.27. The second kappa shape index (κ2) is 8.21. The van der Waals surface area contributed by atoms with Gasteiger partial charge in [-0.25, -0.2) is 0 Å². The fraction of sp³-hybridized carbons (Fsp3) is 0.450. The molecule has 2 N–H and O–H groups in total. The van der Waals surface area contributed by atoms with Gasteiger partial charge in [0, 0.05) is 25.5 Å². The average Bonchev–Trinajstić information content (AvgIpc) is 2.98. The van der Waals surface area contributed by atoms with Crippen LogP contribution in [-0.4, -0.2) is 28.7 Å². The van der Waals surface area contributed by atoms with E-state index in [1.165, 1.54) is 5.56 Å². The van der Waals surface area contributed by atoms with E-state index in [1.54, 1.807) is 0 Å². The van der Waals surface area contributed by atoms with Crippen molar-refractivity contribution in [1.82, 2.24) is 9.88 Å². The molecule has 0 saturated carbocycles. The fourth-order valence-corrected chi connectivity index (χ4v) is 2.57. The largest absolute Gasteiger partial charge is 0.484 e. The topological polar surface area (TPSA) is 63.5 Å². The SMILES string of the molecule is Cn1cccc1C(O)CCNC(=O)COc1ccc(C(C)(C)C)cc1. The molecule has 1 aromatic carbocycles. The second-order valence-electron chi connectivity index (χ2n) is 7.26. The molecule has 0 aliphatic rings. The number of amides is 1. The Kier molecular flexibility index (Phi) is 6.26. The van der Waals surface area contributed by atoms with E-state index in [2.05, 4.69) is 26.1 Å². The molecule has 1 unspecified atom stereocenters. The Bertz CT molecular complexity index is 684. The molecule has 2 rings (SSSR count). The maximum absolute atomic E-state index is 11.9. The quantitative estimate of drug-likeness (QED) is 0.812. The molecule has 25 heavy (non-hydrogen) atoms. The Balaban J connectivity index is 1.71. The van der Waals surface area contributed by atoms with Gasteiger partial charge < -0.3 is 19.7 Å². The molecule has 1 heterocycles. The third-order valence-electron chi connectivity index (χ3n) is 4.16. The molecule has 1 atom stereocenters. The zero-order valence-corrected chi connectivity index (χ0v) is 15.5. The Morgan fingerprint density at radius 3 is 2.48 bits per heavy atom. The number of ether oxygens (including phenoxy) is 1. The van der Waals surface area contributed by atoms with Crippen molar-refractivity contribution in [2.24, 2.45) is 7.05 Å². The summed E-state index contributed by atoms with van der Waals surface area (Å²) in [6.45, 7) is 6.83. The van der Waals surface area contributed by atoms with E-state index in [-0.39, 0.29) is 17.9 Å². The van der Waals surface area contributed by atoms with Crippen LogP contribution in [0.3, 0.4) is 0 Å². The number of benzene rings is 1. The summed E-state index contributed by atoms with van der Waals surface area (Å²) in [5.74, 6) is 0.478. The Morgan fingerprint density at radius 2 is 1.92 bits per heavy atom. The third kappa shape index (κ3) is 5.64. The Labute approximate surface area is 149 Å². The van der Waals surface area contributed by atoms with Crippen LogP contribution in [0.1, 0.15) is 44.6 Å². The minimum absolute atomic E-state index is 0.0326. The predicted molar refractivity (Wildman–Crippen MR) is 98.6 cm³/mol. The molecule has 0 radical (unpaired) electrons. The summed E-state index contributed by atoms with van der Waals surface area (Å²) >= 11 is 0. The van der Waals surface area contributed by atoms with Crippen LogP contribution in [-0.2, 0) is 17.3 Å². The van der Waals surface area contributed by atoms with Gasteiger partial charge in [-0.1, -0.05) is 32.9 Å². The van der Waals surface area contributed by atoms with Crippen LogP contribution in [0.5, 0.6) is 5.75 Å². The van der Waals surface area contributed by atoms with Crippen molar-refractivity contribution in [1.29, 1.82) is 0 Å². The monoisotopic (exact) mass is 344 g/mol. The number of carbonyl (C=O) groups excluding carboxylic acids is 1. The van der Waals surface area contributed by atoms with Crippen molar-refractivity contribution in [2.45, 2.75) is 38.7 Å². The number of hydrogen-bond donors (Lipinski definition) is 2. The number of rotatable bonds is 7. The number of hydrogen-bond acceptors (Lipinski definition) is 3. The van der Waals surface area contributed by atoms with Crippen molar-refractivity contribution < 1.29 is 14.6 Å². The van der Waals surface area contributed by atoms with Crippen LogP contribution in [0.4, 0.5) is 0 Å². The molecular weight excluding hydrogens is 316 g/mol. The summed E-state index contributed by atoms with van der Waals surface area (Å²) in [5.41, 5.74) is 2.15. The predicted octanol–water partition coefficient (Wildman–Crippen LogP) is 2.94. The van der Waals surface area contributed by atoms with E-state index in [4.69, 9.17) is 4.74 Å². The zero-order chi connectivity index (χ0) is 18.4. The van der Waals surface area contributed by atoms with Crippen molar-refractivity contribution in [2.75, 3.05) is 13.2 Å². The second-order valence-corrected chi connectivity index (χ2v) is 7.26. The fourth-order valence-electron chi connectivity index (χ4n) is 2.57. The van der Waals surface area contributed by atoms with Crippen molar-refractivity contribution in [3.8, 4) is 5.75 Å². The van der Waals surface area contributed by atoms with E-state index < -0.39 is 6.10 Å². The highest BCUT2D eigenvalue weighted by atomic mass is 16.5. The van der Waals surface area contributed by atoms with E-state index in [1.807, 2.05) is 54.2 Å². The molecule has 2 aromatic rings. The molecule has 0 spiro atoms. The lowest BCUT2D eigenvalue weighted by Crippen LogP contribution is -2.30. The molecule has 0 saturated heterocycles. The van der Waals surface area contributed by atoms with Crippen LogP contribution in [0, 0.1) is 0 Å². The first-order valence-electron chi connectivity index (χ1n) is 8.56. The summed E-state index contributed by atoms with van der Waals surface area (Å²) in [7, 11) is 1.88. The molecule has 1 aromatic heterocycles. The van der Waals surface area contributed by atoms with Gasteiger partial charge in [0.25, 0.3) is 5.91 Å². The number of aryl methyl sites for hydroxylation is 1. The zero-order valence-electron chi connectivity index (χ0n) is 15.5. The summed E-state index contributed by atoms with van der Waals surface area (Å²) in [4.78, 5) is 11.9. The molecule has 136 valence electrons. The lowest BCUT2D eigenvalue weighted by atomic mass is 9.87. The van der Waals surface area contributed by atoms with Gasteiger partial charge in [0.15, 0.2) is 6.61 Å². The molecule has 0 aliphatic carbocycles. The highest BCUT2D eigenvalue weighted by molar-refractivity contribution is 5.77. The summed E-state index contributed by atoms with van der Waals surface area (Å²) in [6.07, 6.45) is 1.76. The molecule has 0 aliphatic heterocycles. The van der Waals surface area contributed by atoms with Gasteiger partial charge in [-0.15, -0.1) is 0 Å². The number of carbonyl (C=O) groups is 1. The number of aromatic nitrogens is 1. The highest BCUT2D eigenvalue weighted by Gasteiger charge is 2.13. The van der Waals surface area contributed by atoms with E-state index >= 15 is 0 Å². The summed E-state index contributed by atoms with van der Waals surface area (Å²) in [5, 5.41) is 12.9. The van der Waals surface area contributed by atoms with Crippen LogP contribution in [0.2, 0.25) is 0 Å². The standard InChI is InChI=1S/C20H28N2O3/c1-20(2,3)15-7-9-16(10-8-15)25-14-19(24)21-12-11-18(23)17-6-5-13-22(17)4/h5-10,13,18,23H,11-12,14H2,1-4H3,(H,21,24). The maximum Gasteiger partial charge on any atom is 0.257 e. The Morgan fingerprint density at radius 1 is 1.24 bits per heavy atom. The van der Waals surface area contributed by atoms with Gasteiger partial charge in [0.1, 0.15) is 5.75 Å². The van der Waals surface area contributed by atoms with E-state index in [0.29, 0.717) is 18.7 Å². The molecular formula is C20H28N2O3. The first-order valence-corrected chi connectivity index (χ1v) is 8.56. The lowest BCUT2D eigenvalue weighted by Gasteiger charge is -2.19. The molecule has 0 fully saturated rings. The summed E-state index contributed by atoms with van der Waals surface area (Å²) in [6, 6.07) is 11.6. The van der Waals surface area contributed by atoms with Gasteiger partial charge in [0.2, 0.25) is 0 Å². The first-order chi connectivity index (χ1) is 11.8. The summed E-state index contributed by atoms with van der Waals surface area (Å²) < 4.78 is 7.38. The van der Waals surface area contributed by atoms with Crippen molar-refractivity contribution in [3.63, 3.8) is 0 Å². The van der Waals surface area contributed by atoms with Gasteiger partial charge in [0.05, 0.1) is 6.10 Å². The van der Waals surface area contributed by atoms with Crippen LogP contribution in [0.15, 0.2) is 42.6 Å². The number of aliphatic hydroxyl groups is 1. The van der Waals surface area contributed by atoms with Gasteiger partial charge >= 0.3 is 0 Å². The van der Waals surface area contributed by atoms with Crippen LogP contribution < -0.4 is 10.1 Å². The van der Waals surface area contributed by atoms with Crippen molar-refractivity contribution >= 4 is 5.91 Å². The molecule has 1 amide bonds. The van der Waals surface area contributed by atoms with Crippen molar-refractivity contribution in [3.05, 3.63) is 53.9 Å². The molecule has 5 nitrogen and oxygen atoms in total. The van der Waals surface area contributed by atoms with Gasteiger partial charge in [-0.05, 0) is 41.7 Å². The van der Waals surface area contributed by atoms with E-state index in [9.17, 15) is 9.90 Å². The third-order valence-corrected chi connectivity index (χ3v) is 4.16. The number of nitrogens with one attached hydrogen (secondary N) is 1. The van der Waals surface area contributed by atoms with Crippen LogP contribution in [0.25, 0.3) is 0 Å². The lowest BCUT2D eigenvalue weighted by molar-refractivity contribution is -0.123. The minimum Gasteiger partial charge on any atom is -0.484 e. The normalized spacial score (nSPS) is 12.7. The molecule has 5 heteroatoms. The van der Waals surface area contributed by atoms with Gasteiger partial charge in [-0.3, -0.25) is 4.79 Å². The number of aliphatic hydroxyl groups excluding tert-OH is 1. The van der Waals surface area contributed by atoms with E-state index in [0.717, 1.165) is 5.69 Å². The highest BCUT2D eigenvalue weighted by Crippen LogP contribution is 2.24. The maximum atomic E-state index is 11.9. The minimum atomic E-state index is -0.592. The number of nitrogens with zero attached hydrogens (tertiary/aromatic N) is 1. The average molecular weight is 344 g/mol. The van der Waals surface area contributed by atoms with Crippen LogP contribution >= 0.6 is 0 Å². The molecule has 0 bridgehead atoms. The van der Waals surface area contributed by atoms with Gasteiger partial charge in [-0.2, -0.15) is 0 Å². The smallest absolute Gasteiger partial charge is 0.257 e.